The van der Waals surface area contributed by atoms with Gasteiger partial charge in [0.25, 0.3) is 5.56 Å². The first kappa shape index (κ1) is 18.7. The Morgan fingerprint density at radius 3 is 2.65 bits per heavy atom. The number of rotatable bonds is 4. The van der Waals surface area contributed by atoms with Gasteiger partial charge in [-0.1, -0.05) is 17.7 Å². The van der Waals surface area contributed by atoms with Crippen LogP contribution in [0.3, 0.4) is 0 Å². The monoisotopic (exact) mass is 410 g/mol. The predicted molar refractivity (Wildman–Crippen MR) is 119 cm³/mol. The Bertz CT molecular complexity index is 1480. The van der Waals surface area contributed by atoms with Gasteiger partial charge in [0.05, 0.1) is 12.6 Å². The SMILES string of the molecule is COc1ccc(-c2nc3c4cc(C)ccc4nc(Nc4ccccnc4=O)n3n2)cc1. The van der Waals surface area contributed by atoms with Gasteiger partial charge in [0.1, 0.15) is 11.4 Å². The summed E-state index contributed by atoms with van der Waals surface area (Å²) >= 11 is 0. The fraction of sp³-hybridized carbons (Fsp3) is 0.0870. The second-order valence-electron chi connectivity index (χ2n) is 7.03. The lowest BCUT2D eigenvalue weighted by Crippen LogP contribution is -2.11. The second-order valence-corrected chi connectivity index (χ2v) is 7.03. The van der Waals surface area contributed by atoms with Gasteiger partial charge in [-0.25, -0.2) is 15.0 Å². The molecule has 1 N–H and O–H groups in total. The molecule has 2 aromatic carbocycles. The molecule has 31 heavy (non-hydrogen) atoms. The lowest BCUT2D eigenvalue weighted by molar-refractivity contribution is 0.415. The Hall–Kier alpha value is -4.33. The zero-order valence-electron chi connectivity index (χ0n) is 16.9. The molecule has 0 saturated carbocycles. The van der Waals surface area contributed by atoms with Gasteiger partial charge in [0.15, 0.2) is 11.5 Å². The van der Waals surface area contributed by atoms with E-state index in [0.717, 1.165) is 27.8 Å². The minimum Gasteiger partial charge on any atom is -0.497 e. The van der Waals surface area contributed by atoms with Crippen molar-refractivity contribution in [2.24, 2.45) is 0 Å². The zero-order valence-corrected chi connectivity index (χ0v) is 16.9. The van der Waals surface area contributed by atoms with E-state index in [1.807, 2.05) is 49.4 Å². The van der Waals surface area contributed by atoms with Crippen molar-refractivity contribution >= 4 is 28.2 Å². The zero-order chi connectivity index (χ0) is 21.4. The van der Waals surface area contributed by atoms with Crippen LogP contribution in [0.15, 0.2) is 71.7 Å². The van der Waals surface area contributed by atoms with Gasteiger partial charge in [-0.15, -0.1) is 5.10 Å². The van der Waals surface area contributed by atoms with E-state index in [1.165, 1.54) is 6.20 Å². The predicted octanol–water partition coefficient (Wildman–Crippen LogP) is 3.76. The molecule has 0 fully saturated rings. The van der Waals surface area contributed by atoms with Gasteiger partial charge in [0.2, 0.25) is 5.95 Å². The molecular formula is C23H18N6O2. The molecule has 0 radical (unpaired) electrons. The third-order valence-corrected chi connectivity index (χ3v) is 4.90. The Morgan fingerprint density at radius 1 is 1.00 bits per heavy atom. The van der Waals surface area contributed by atoms with Gasteiger partial charge in [-0.2, -0.15) is 4.52 Å². The van der Waals surface area contributed by atoms with Crippen LogP contribution in [0.4, 0.5) is 11.6 Å². The first-order valence-corrected chi connectivity index (χ1v) is 9.66. The summed E-state index contributed by atoms with van der Waals surface area (Å²) in [6.07, 6.45) is 1.46. The summed E-state index contributed by atoms with van der Waals surface area (Å²) in [7, 11) is 1.62. The van der Waals surface area contributed by atoms with Crippen LogP contribution in [0, 0.1) is 6.92 Å². The van der Waals surface area contributed by atoms with Crippen LogP contribution < -0.4 is 15.6 Å². The highest BCUT2D eigenvalue weighted by Crippen LogP contribution is 2.26. The molecule has 3 aromatic heterocycles. The van der Waals surface area contributed by atoms with E-state index in [-0.39, 0.29) is 5.56 Å². The van der Waals surface area contributed by atoms with Crippen molar-refractivity contribution in [3.05, 3.63) is 82.8 Å². The number of aromatic nitrogens is 5. The maximum atomic E-state index is 12.3. The smallest absolute Gasteiger partial charge is 0.293 e. The van der Waals surface area contributed by atoms with Crippen molar-refractivity contribution in [1.82, 2.24) is 24.6 Å². The van der Waals surface area contributed by atoms with Crippen LogP contribution in [0.25, 0.3) is 27.9 Å². The molecule has 0 unspecified atom stereocenters. The van der Waals surface area contributed by atoms with Crippen molar-refractivity contribution in [3.63, 3.8) is 0 Å². The number of ether oxygens (including phenoxy) is 1. The Kier molecular flexibility index (Phi) is 4.51. The highest BCUT2D eigenvalue weighted by Gasteiger charge is 2.16. The average Bonchev–Trinajstić information content (AvgIpc) is 3.14. The van der Waals surface area contributed by atoms with E-state index in [4.69, 9.17) is 14.7 Å². The summed E-state index contributed by atoms with van der Waals surface area (Å²) < 4.78 is 6.86. The molecule has 152 valence electrons. The molecule has 0 amide bonds. The minimum atomic E-state index is -0.389. The standard InChI is InChI=1S/C23H18N6O2/c1-14-6-11-18-17(13-14)21-27-20(15-7-9-16(31-2)10-8-15)28-29(21)23(25-18)26-19-5-3-4-12-24-22(19)30/h3-13H,1-2H3,(H,24,25,26,30). The Morgan fingerprint density at radius 2 is 1.84 bits per heavy atom. The number of fused-ring (bicyclic) bond motifs is 3. The van der Waals surface area contributed by atoms with Crippen LogP contribution >= 0.6 is 0 Å². The van der Waals surface area contributed by atoms with Crippen molar-refractivity contribution in [1.29, 1.82) is 0 Å². The number of anilines is 2. The van der Waals surface area contributed by atoms with Crippen molar-refractivity contribution < 1.29 is 4.74 Å². The van der Waals surface area contributed by atoms with E-state index in [9.17, 15) is 4.79 Å². The van der Waals surface area contributed by atoms with Crippen molar-refractivity contribution in [2.45, 2.75) is 6.92 Å². The number of nitrogens with one attached hydrogen (secondary N) is 1. The number of benzene rings is 2. The summed E-state index contributed by atoms with van der Waals surface area (Å²) in [6, 6.07) is 18.5. The van der Waals surface area contributed by atoms with E-state index in [1.54, 1.807) is 29.8 Å². The largest absolute Gasteiger partial charge is 0.497 e. The highest BCUT2D eigenvalue weighted by atomic mass is 16.5. The average molecular weight is 410 g/mol. The fourth-order valence-corrected chi connectivity index (χ4v) is 3.33. The first-order valence-electron chi connectivity index (χ1n) is 9.66. The molecule has 0 saturated heterocycles. The first-order chi connectivity index (χ1) is 15.1. The van der Waals surface area contributed by atoms with E-state index >= 15 is 0 Å². The number of hydrogen-bond donors (Lipinski definition) is 1. The maximum Gasteiger partial charge on any atom is 0.293 e. The Balaban J connectivity index is 1.74. The number of hydrogen-bond acceptors (Lipinski definition) is 7. The molecule has 8 heteroatoms. The third-order valence-electron chi connectivity index (χ3n) is 4.90. The summed E-state index contributed by atoms with van der Waals surface area (Å²) in [5.41, 5.74) is 3.23. The topological polar surface area (TPSA) is 94.3 Å². The van der Waals surface area contributed by atoms with Crippen molar-refractivity contribution in [2.75, 3.05) is 12.4 Å². The molecule has 8 nitrogen and oxygen atoms in total. The summed E-state index contributed by atoms with van der Waals surface area (Å²) in [5, 5.41) is 8.63. The molecule has 0 spiro atoms. The third kappa shape index (κ3) is 3.44. The number of nitrogens with zero attached hydrogens (tertiary/aromatic N) is 5. The molecular weight excluding hydrogens is 392 g/mol. The van der Waals surface area contributed by atoms with Gasteiger partial charge in [0, 0.05) is 17.1 Å². The molecule has 5 rings (SSSR count). The maximum absolute atomic E-state index is 12.3. The number of aryl methyl sites for hydroxylation is 1. The molecule has 0 aliphatic heterocycles. The van der Waals surface area contributed by atoms with Crippen LogP contribution in [0.2, 0.25) is 0 Å². The van der Waals surface area contributed by atoms with Gasteiger partial charge in [-0.3, -0.25) is 4.79 Å². The molecule has 5 aromatic rings. The van der Waals surface area contributed by atoms with Crippen LogP contribution in [0.5, 0.6) is 5.75 Å². The summed E-state index contributed by atoms with van der Waals surface area (Å²) in [4.78, 5) is 25.6. The molecule has 3 heterocycles. The highest BCUT2D eigenvalue weighted by molar-refractivity contribution is 5.93. The second kappa shape index (κ2) is 7.49. The van der Waals surface area contributed by atoms with Crippen LogP contribution in [-0.2, 0) is 0 Å². The van der Waals surface area contributed by atoms with Gasteiger partial charge >= 0.3 is 0 Å². The Labute approximate surface area is 177 Å². The molecule has 0 bridgehead atoms. The normalized spacial score (nSPS) is 11.0. The van der Waals surface area contributed by atoms with E-state index in [2.05, 4.69) is 15.4 Å². The van der Waals surface area contributed by atoms with Gasteiger partial charge < -0.3 is 10.1 Å². The van der Waals surface area contributed by atoms with E-state index < -0.39 is 0 Å². The van der Waals surface area contributed by atoms with E-state index in [0.29, 0.717) is 23.1 Å². The number of methoxy groups -OCH3 is 1. The molecule has 0 atom stereocenters. The fourth-order valence-electron chi connectivity index (χ4n) is 3.33. The van der Waals surface area contributed by atoms with Crippen LogP contribution in [0.1, 0.15) is 5.56 Å². The van der Waals surface area contributed by atoms with Crippen molar-refractivity contribution in [3.8, 4) is 17.1 Å². The lowest BCUT2D eigenvalue weighted by Gasteiger charge is -2.08. The van der Waals surface area contributed by atoms with Crippen LogP contribution in [-0.4, -0.2) is 31.7 Å². The quantitative estimate of drug-likeness (QED) is 0.482. The minimum absolute atomic E-state index is 0.298. The lowest BCUT2D eigenvalue weighted by atomic mass is 10.1. The summed E-state index contributed by atoms with van der Waals surface area (Å²) in [5.74, 6) is 1.68. The summed E-state index contributed by atoms with van der Waals surface area (Å²) in [6.45, 7) is 2.02. The van der Waals surface area contributed by atoms with Gasteiger partial charge in [-0.05, 0) is 55.5 Å². The molecule has 0 aliphatic rings. The molecule has 0 aliphatic carbocycles.